The first-order valence-electron chi connectivity index (χ1n) is 19.0. The molecule has 3 aromatic carbocycles. The van der Waals surface area contributed by atoms with E-state index < -0.39 is 64.3 Å². The van der Waals surface area contributed by atoms with Gasteiger partial charge in [-0.15, -0.1) is 0 Å². The van der Waals surface area contributed by atoms with Gasteiger partial charge in [-0.25, -0.2) is 13.2 Å². The molecule has 3 atom stereocenters. The molecule has 5 N–H and O–H groups in total. The van der Waals surface area contributed by atoms with Crippen molar-refractivity contribution in [2.75, 3.05) is 33.9 Å². The molecule has 0 unspecified atom stereocenters. The van der Waals surface area contributed by atoms with Crippen molar-refractivity contribution in [1.29, 1.82) is 0 Å². The molecule has 19 heteroatoms. The largest absolute Gasteiger partial charge is 0.496 e. The smallest absolute Gasteiger partial charge is 0.328 e. The summed E-state index contributed by atoms with van der Waals surface area (Å²) in [7, 11) is 1.57. The highest BCUT2D eigenvalue weighted by molar-refractivity contribution is 7.89. The molecule has 59 heavy (non-hydrogen) atoms. The van der Waals surface area contributed by atoms with Crippen molar-refractivity contribution < 1.29 is 46.9 Å². The van der Waals surface area contributed by atoms with Crippen LogP contribution in [0, 0.1) is 5.92 Å². The van der Waals surface area contributed by atoms with Gasteiger partial charge in [-0.05, 0) is 74.2 Å². The number of nitrogens with zero attached hydrogens (tertiary/aromatic N) is 3. The van der Waals surface area contributed by atoms with Gasteiger partial charge in [-0.1, -0.05) is 19.9 Å². The number of benzene rings is 3. The first-order valence-corrected chi connectivity index (χ1v) is 20.4. The van der Waals surface area contributed by atoms with Crippen molar-refractivity contribution >= 4 is 44.7 Å². The Bertz CT molecular complexity index is 2390. The molecular weight excluding hydrogens is 787 g/mol. The van der Waals surface area contributed by atoms with Crippen LogP contribution in [-0.2, 0) is 45.0 Å². The summed E-state index contributed by atoms with van der Waals surface area (Å²) >= 11 is 0. The number of sulfonamides is 1. The average Bonchev–Trinajstić information content (AvgIpc) is 3.42. The summed E-state index contributed by atoms with van der Waals surface area (Å²) in [6.07, 6.45) is -0.961. The van der Waals surface area contributed by atoms with Gasteiger partial charge >= 0.3 is 5.69 Å². The number of aryl methyl sites for hydroxylation is 2. The maximum absolute atomic E-state index is 14.2. The Labute approximate surface area is 341 Å². The maximum Gasteiger partial charge on any atom is 0.328 e. The molecule has 2 heterocycles. The van der Waals surface area contributed by atoms with Crippen LogP contribution >= 0.6 is 0 Å². The molecule has 5 rings (SSSR count). The molecule has 0 spiro atoms. The number of methoxy groups -OCH3 is 2. The van der Waals surface area contributed by atoms with Crippen molar-refractivity contribution in [2.45, 2.75) is 63.2 Å². The normalized spacial score (nSPS) is 18.8. The van der Waals surface area contributed by atoms with Gasteiger partial charge < -0.3 is 40.6 Å². The van der Waals surface area contributed by atoms with E-state index in [0.29, 0.717) is 34.5 Å². The highest BCUT2D eigenvalue weighted by Crippen LogP contribution is 2.37. The highest BCUT2D eigenvalue weighted by Gasteiger charge is 2.34. The van der Waals surface area contributed by atoms with Crippen LogP contribution in [-0.4, -0.2) is 103 Å². The molecule has 1 aromatic heterocycles. The van der Waals surface area contributed by atoms with Crippen LogP contribution < -0.4 is 41.2 Å². The van der Waals surface area contributed by atoms with E-state index in [1.807, 2.05) is 0 Å². The fourth-order valence-electron chi connectivity index (χ4n) is 6.67. The van der Waals surface area contributed by atoms with Crippen molar-refractivity contribution in [1.82, 2.24) is 34.7 Å². The molecule has 1 aliphatic rings. The molecule has 0 radical (unpaired) electrons. The number of nitrogens with one attached hydrogen (secondary N) is 4. The molecule has 0 fully saturated rings. The van der Waals surface area contributed by atoms with Gasteiger partial charge in [0.15, 0.2) is 11.5 Å². The van der Waals surface area contributed by atoms with E-state index in [2.05, 4.69) is 21.3 Å². The van der Waals surface area contributed by atoms with E-state index in [9.17, 15) is 37.5 Å². The molecule has 0 aliphatic carbocycles. The second kappa shape index (κ2) is 18.8. The number of ether oxygens (including phenoxy) is 3. The number of imidazole rings is 1. The minimum absolute atomic E-state index is 0.117. The predicted octanol–water partition coefficient (Wildman–Crippen LogP) is 1.52. The predicted molar refractivity (Wildman–Crippen MR) is 217 cm³/mol. The number of aliphatic hydroxyl groups excluding tert-OH is 1. The summed E-state index contributed by atoms with van der Waals surface area (Å²) in [5, 5.41) is 21.4. The Morgan fingerprint density at radius 1 is 0.797 bits per heavy atom. The first kappa shape index (κ1) is 44.2. The van der Waals surface area contributed by atoms with Gasteiger partial charge in [0.25, 0.3) is 5.91 Å². The Balaban J connectivity index is 1.50. The summed E-state index contributed by atoms with van der Waals surface area (Å²) in [5.41, 5.74) is 1.17. The third-order valence-corrected chi connectivity index (χ3v) is 11.9. The van der Waals surface area contributed by atoms with Crippen LogP contribution in [0.3, 0.4) is 0 Å². The summed E-state index contributed by atoms with van der Waals surface area (Å²) in [6, 6.07) is 11.1. The Morgan fingerprint density at radius 3 is 2.19 bits per heavy atom. The third-order valence-electron chi connectivity index (χ3n) is 10.0. The van der Waals surface area contributed by atoms with E-state index in [4.69, 9.17) is 14.2 Å². The van der Waals surface area contributed by atoms with Crippen LogP contribution in [0.2, 0.25) is 0 Å². The first-order chi connectivity index (χ1) is 28.0. The van der Waals surface area contributed by atoms with Crippen LogP contribution in [0.25, 0.3) is 11.0 Å². The Morgan fingerprint density at radius 2 is 1.51 bits per heavy atom. The van der Waals surface area contributed by atoms with Crippen molar-refractivity contribution in [2.24, 2.45) is 20.0 Å². The van der Waals surface area contributed by atoms with Crippen molar-refractivity contribution in [3.63, 3.8) is 0 Å². The number of carbonyl (C=O) groups excluding carboxylic acids is 4. The van der Waals surface area contributed by atoms with Gasteiger partial charge in [-0.2, -0.15) is 4.31 Å². The van der Waals surface area contributed by atoms with E-state index in [-0.39, 0.29) is 53.7 Å². The quantitative estimate of drug-likeness (QED) is 0.187. The summed E-state index contributed by atoms with van der Waals surface area (Å²) in [6.45, 7) is 3.77. The Hall–Kier alpha value is -5.92. The molecule has 18 nitrogen and oxygen atoms in total. The minimum Gasteiger partial charge on any atom is -0.496 e. The SMILES string of the molecule is COc1ccc2cc1Oc1cccc(OC)c1CNC(=O)[C@@H](C(C)C)NC(=O)[C@H]([C@@H](C)O)NC(=O)CN(S(=O)(=O)c1ccc3c(c1)n(C)c(=O)n3C)CCCCNC2=O. The number of hydrogen-bond donors (Lipinski definition) is 5. The van der Waals surface area contributed by atoms with Crippen LogP contribution in [0.15, 0.2) is 64.3 Å². The number of rotatable bonds is 6. The zero-order valence-corrected chi connectivity index (χ0v) is 34.8. The number of carbonyl (C=O) groups is 4. The number of aromatic nitrogens is 2. The second-order valence-electron chi connectivity index (χ2n) is 14.5. The molecule has 0 saturated carbocycles. The van der Waals surface area contributed by atoms with Gasteiger partial charge in [0.2, 0.25) is 27.7 Å². The summed E-state index contributed by atoms with van der Waals surface area (Å²) in [4.78, 5) is 66.8. The topological polar surface area (TPSA) is 229 Å². The van der Waals surface area contributed by atoms with Crippen molar-refractivity contribution in [3.8, 4) is 23.0 Å². The van der Waals surface area contributed by atoms with Crippen LogP contribution in [0.1, 0.15) is 49.5 Å². The molecule has 4 amide bonds. The number of amides is 4. The number of fused-ring (bicyclic) bond motifs is 4. The molecule has 1 aliphatic heterocycles. The standard InChI is InChI=1S/C40H51N7O11S/c1-23(2)35-38(51)42-21-27-30(56-6)11-10-12-31(27)58-33-19-25(13-16-32(33)57-7)37(50)41-17-8-9-18-47(22-34(49)43-36(24(3)48)39(52)44-35)59(54,55)26-14-15-28-29(20-26)46(5)40(53)45(28)4/h10-16,19-20,23-24,35-36,48H,8-9,17-18,21-22H2,1-7H3,(H,41,50)(H,42,51)(H,43,49)(H,44,52)/t24-,35-,36+/m1/s1. The molecule has 4 aromatic rings. The van der Waals surface area contributed by atoms with E-state index in [1.54, 1.807) is 51.2 Å². The third kappa shape index (κ3) is 9.86. The average molecular weight is 838 g/mol. The second-order valence-corrected chi connectivity index (χ2v) is 16.4. The lowest BCUT2D eigenvalue weighted by Gasteiger charge is -2.28. The zero-order chi connectivity index (χ0) is 43.2. The van der Waals surface area contributed by atoms with E-state index in [0.717, 1.165) is 4.31 Å². The van der Waals surface area contributed by atoms with Crippen molar-refractivity contribution in [3.05, 3.63) is 76.2 Å². The lowest BCUT2D eigenvalue weighted by Crippen LogP contribution is -2.59. The minimum atomic E-state index is -4.40. The molecular formula is C40H51N7O11S. The highest BCUT2D eigenvalue weighted by atomic mass is 32.2. The Kier molecular flexibility index (Phi) is 14.1. The molecule has 2 bridgehead atoms. The lowest BCUT2D eigenvalue weighted by molar-refractivity contribution is -0.135. The maximum atomic E-state index is 14.2. The fourth-order valence-corrected chi connectivity index (χ4v) is 8.12. The van der Waals surface area contributed by atoms with Crippen LogP contribution in [0.5, 0.6) is 23.0 Å². The number of aliphatic hydroxyl groups is 1. The summed E-state index contributed by atoms with van der Waals surface area (Å²) < 4.78 is 49.4. The van der Waals surface area contributed by atoms with E-state index >= 15 is 0 Å². The number of hydrogen-bond acceptors (Lipinski definition) is 11. The van der Waals surface area contributed by atoms with Gasteiger partial charge in [0.1, 0.15) is 23.6 Å². The summed E-state index contributed by atoms with van der Waals surface area (Å²) in [5.74, 6) is -2.11. The van der Waals surface area contributed by atoms with Gasteiger partial charge in [0.05, 0.1) is 54.9 Å². The molecule has 318 valence electrons. The molecule has 0 saturated heterocycles. The van der Waals surface area contributed by atoms with Gasteiger partial charge in [0, 0.05) is 32.7 Å². The fraction of sp³-hybridized carbons (Fsp3) is 0.425. The van der Waals surface area contributed by atoms with Crippen LogP contribution in [0.4, 0.5) is 0 Å². The monoisotopic (exact) mass is 837 g/mol. The zero-order valence-electron chi connectivity index (χ0n) is 34.0. The lowest BCUT2D eigenvalue weighted by atomic mass is 10.0. The van der Waals surface area contributed by atoms with Gasteiger partial charge in [-0.3, -0.25) is 28.3 Å². The van der Waals surface area contributed by atoms with E-state index in [1.165, 1.54) is 61.6 Å².